The van der Waals surface area contributed by atoms with E-state index in [1.54, 1.807) is 0 Å². The maximum absolute atomic E-state index is 11.7. The molecule has 2 rings (SSSR count). The van der Waals surface area contributed by atoms with E-state index in [-0.39, 0.29) is 0 Å². The third-order valence-electron chi connectivity index (χ3n) is 3.05. The van der Waals surface area contributed by atoms with Crippen LogP contribution in [0.5, 0.6) is 0 Å². The Hall–Kier alpha value is -0.790. The summed E-state index contributed by atoms with van der Waals surface area (Å²) in [5.74, 6) is 0.369. The molecule has 1 fully saturated rings. The first kappa shape index (κ1) is 8.79. The molecule has 2 aliphatic rings. The van der Waals surface area contributed by atoms with Gasteiger partial charge < -0.3 is 4.90 Å². The van der Waals surface area contributed by atoms with Crippen LogP contribution in [-0.2, 0) is 4.79 Å². The number of nitrogens with zero attached hydrogens (tertiary/aromatic N) is 1. The molecule has 0 aromatic rings. The predicted molar refractivity (Wildman–Crippen MR) is 52.3 cm³/mol. The van der Waals surface area contributed by atoms with E-state index in [1.807, 2.05) is 0 Å². The van der Waals surface area contributed by atoms with Gasteiger partial charge >= 0.3 is 0 Å². The molecular weight excluding hydrogens is 162 g/mol. The molecule has 0 aromatic heterocycles. The average Bonchev–Trinajstić information content (AvgIpc) is 2.14. The highest BCUT2D eigenvalue weighted by Gasteiger charge is 2.25. The molecule has 2 heterocycles. The van der Waals surface area contributed by atoms with Crippen molar-refractivity contribution in [2.24, 2.45) is 0 Å². The Morgan fingerprint density at radius 1 is 1.31 bits per heavy atom. The van der Waals surface area contributed by atoms with Crippen LogP contribution < -0.4 is 0 Å². The van der Waals surface area contributed by atoms with Gasteiger partial charge in [-0.2, -0.15) is 0 Å². The van der Waals surface area contributed by atoms with E-state index in [4.69, 9.17) is 0 Å². The number of piperidine rings is 1. The molecule has 0 bridgehead atoms. The topological polar surface area (TPSA) is 20.3 Å². The van der Waals surface area contributed by atoms with Gasteiger partial charge in [-0.25, -0.2) is 0 Å². The number of amides is 1. The predicted octanol–water partition coefficient (Wildman–Crippen LogP) is 2.11. The lowest BCUT2D eigenvalue weighted by atomic mass is 9.97. The Balaban J connectivity index is 2.09. The molecule has 1 amide bonds. The second kappa shape index (κ2) is 3.95. The van der Waals surface area contributed by atoms with Crippen LogP contribution in [0.3, 0.4) is 0 Å². The summed E-state index contributed by atoms with van der Waals surface area (Å²) in [7, 11) is 0. The van der Waals surface area contributed by atoms with E-state index in [0.717, 1.165) is 19.4 Å². The summed E-state index contributed by atoms with van der Waals surface area (Å²) in [6.45, 7) is 0.997. The van der Waals surface area contributed by atoms with Crippen LogP contribution in [0.1, 0.15) is 38.5 Å². The quantitative estimate of drug-likeness (QED) is 0.521. The minimum Gasteiger partial charge on any atom is -0.339 e. The number of hydrogen-bond acceptors (Lipinski definition) is 1. The normalized spacial score (nSPS) is 31.8. The molecule has 1 atom stereocenters. The fraction of sp³-hybridized carbons (Fsp3) is 0.727. The van der Waals surface area contributed by atoms with E-state index in [2.05, 4.69) is 17.1 Å². The van der Waals surface area contributed by atoms with E-state index < -0.39 is 0 Å². The summed E-state index contributed by atoms with van der Waals surface area (Å²) >= 11 is 0. The van der Waals surface area contributed by atoms with Crippen molar-refractivity contribution in [3.63, 3.8) is 0 Å². The zero-order valence-corrected chi connectivity index (χ0v) is 8.04. The largest absolute Gasteiger partial charge is 0.339 e. The number of fused-ring (bicyclic) bond motifs is 1. The van der Waals surface area contributed by atoms with Crippen molar-refractivity contribution in [2.75, 3.05) is 6.54 Å². The van der Waals surface area contributed by atoms with Crippen molar-refractivity contribution in [3.05, 3.63) is 12.2 Å². The third-order valence-corrected chi connectivity index (χ3v) is 3.05. The SMILES string of the molecule is O=C1CC/C=C\CC2CCCCN12. The van der Waals surface area contributed by atoms with Gasteiger partial charge in [0.1, 0.15) is 0 Å². The molecule has 2 heteroatoms. The lowest BCUT2D eigenvalue weighted by Gasteiger charge is -2.36. The molecule has 2 nitrogen and oxygen atoms in total. The molecule has 0 N–H and O–H groups in total. The maximum atomic E-state index is 11.7. The average molecular weight is 179 g/mol. The first-order valence-electron chi connectivity index (χ1n) is 5.32. The van der Waals surface area contributed by atoms with E-state index in [1.165, 1.54) is 19.3 Å². The van der Waals surface area contributed by atoms with Gasteiger partial charge in [0.05, 0.1) is 0 Å². The minimum absolute atomic E-state index is 0.369. The summed E-state index contributed by atoms with van der Waals surface area (Å²) in [5.41, 5.74) is 0. The van der Waals surface area contributed by atoms with E-state index in [0.29, 0.717) is 18.4 Å². The van der Waals surface area contributed by atoms with Gasteiger partial charge in [0.2, 0.25) is 5.91 Å². The lowest BCUT2D eigenvalue weighted by Crippen LogP contribution is -2.43. The van der Waals surface area contributed by atoms with Crippen molar-refractivity contribution in [1.82, 2.24) is 4.90 Å². The molecular formula is C11H17NO. The maximum Gasteiger partial charge on any atom is 0.223 e. The van der Waals surface area contributed by atoms with Gasteiger partial charge in [-0.05, 0) is 32.1 Å². The van der Waals surface area contributed by atoms with Gasteiger partial charge in [-0.3, -0.25) is 4.79 Å². The molecule has 0 saturated carbocycles. The molecule has 0 radical (unpaired) electrons. The van der Waals surface area contributed by atoms with Crippen LogP contribution in [0.15, 0.2) is 12.2 Å². The van der Waals surface area contributed by atoms with Crippen molar-refractivity contribution in [1.29, 1.82) is 0 Å². The van der Waals surface area contributed by atoms with Crippen molar-refractivity contribution in [3.8, 4) is 0 Å². The van der Waals surface area contributed by atoms with Crippen LogP contribution in [0, 0.1) is 0 Å². The van der Waals surface area contributed by atoms with Gasteiger partial charge in [0, 0.05) is 19.0 Å². The molecule has 72 valence electrons. The first-order chi connectivity index (χ1) is 6.38. The number of allylic oxidation sites excluding steroid dienone is 1. The van der Waals surface area contributed by atoms with Gasteiger partial charge in [-0.1, -0.05) is 12.2 Å². The molecule has 1 unspecified atom stereocenters. The second-order valence-electron chi connectivity index (χ2n) is 3.98. The van der Waals surface area contributed by atoms with Crippen molar-refractivity contribution < 1.29 is 4.79 Å². The monoisotopic (exact) mass is 179 g/mol. The smallest absolute Gasteiger partial charge is 0.223 e. The summed E-state index contributed by atoms with van der Waals surface area (Å²) in [6.07, 6.45) is 10.8. The molecule has 0 aliphatic carbocycles. The van der Waals surface area contributed by atoms with Crippen molar-refractivity contribution in [2.45, 2.75) is 44.6 Å². The summed E-state index contributed by atoms with van der Waals surface area (Å²) in [6, 6.07) is 0.512. The Labute approximate surface area is 79.6 Å². The zero-order chi connectivity index (χ0) is 9.10. The molecule has 1 saturated heterocycles. The number of carbonyl (C=O) groups excluding carboxylic acids is 1. The lowest BCUT2D eigenvalue weighted by molar-refractivity contribution is -0.134. The highest BCUT2D eigenvalue weighted by atomic mass is 16.2. The first-order valence-corrected chi connectivity index (χ1v) is 5.32. The van der Waals surface area contributed by atoms with Crippen LogP contribution >= 0.6 is 0 Å². The Bertz CT molecular complexity index is 222. The summed E-state index contributed by atoms with van der Waals surface area (Å²) < 4.78 is 0. The van der Waals surface area contributed by atoms with Crippen LogP contribution in [0.2, 0.25) is 0 Å². The van der Waals surface area contributed by atoms with Gasteiger partial charge in [0.15, 0.2) is 0 Å². The molecule has 0 aromatic carbocycles. The van der Waals surface area contributed by atoms with Crippen molar-refractivity contribution >= 4 is 5.91 Å². The third kappa shape index (κ3) is 1.93. The second-order valence-corrected chi connectivity index (χ2v) is 3.98. The summed E-state index contributed by atoms with van der Waals surface area (Å²) in [5, 5.41) is 0. The standard InChI is InChI=1S/C11H17NO/c13-11-8-3-1-2-6-10-7-4-5-9-12(10)11/h1-2,10H,3-9H2/b2-1-. The summed E-state index contributed by atoms with van der Waals surface area (Å²) in [4.78, 5) is 13.8. The van der Waals surface area contributed by atoms with E-state index in [9.17, 15) is 4.79 Å². The Morgan fingerprint density at radius 2 is 2.23 bits per heavy atom. The Kier molecular flexibility index (Phi) is 2.67. The molecule has 0 spiro atoms. The molecule has 13 heavy (non-hydrogen) atoms. The molecule has 2 aliphatic heterocycles. The fourth-order valence-corrected chi connectivity index (χ4v) is 2.30. The highest BCUT2D eigenvalue weighted by molar-refractivity contribution is 5.77. The fourth-order valence-electron chi connectivity index (χ4n) is 2.30. The van der Waals surface area contributed by atoms with Crippen LogP contribution in [0.4, 0.5) is 0 Å². The Morgan fingerprint density at radius 3 is 3.15 bits per heavy atom. The number of hydrogen-bond donors (Lipinski definition) is 0. The zero-order valence-electron chi connectivity index (χ0n) is 8.04. The van der Waals surface area contributed by atoms with Crippen LogP contribution in [0.25, 0.3) is 0 Å². The minimum atomic E-state index is 0.369. The van der Waals surface area contributed by atoms with E-state index >= 15 is 0 Å². The number of carbonyl (C=O) groups is 1. The number of rotatable bonds is 0. The van der Waals surface area contributed by atoms with Crippen LogP contribution in [-0.4, -0.2) is 23.4 Å². The van der Waals surface area contributed by atoms with Gasteiger partial charge in [0.25, 0.3) is 0 Å². The van der Waals surface area contributed by atoms with Gasteiger partial charge in [-0.15, -0.1) is 0 Å². The highest BCUT2D eigenvalue weighted by Crippen LogP contribution is 2.22.